The summed E-state index contributed by atoms with van der Waals surface area (Å²) in [5, 5.41) is 9.72. The molecule has 154 valence electrons. The van der Waals surface area contributed by atoms with Gasteiger partial charge in [-0.15, -0.1) is 0 Å². The van der Waals surface area contributed by atoms with Crippen LogP contribution in [-0.2, 0) is 16.1 Å². The molecule has 7 heteroatoms. The summed E-state index contributed by atoms with van der Waals surface area (Å²) >= 11 is 0. The van der Waals surface area contributed by atoms with Gasteiger partial charge in [0, 0.05) is 26.2 Å². The number of likely N-dealkylation sites (N-methyl/N-ethyl adjacent to an activating group) is 1. The van der Waals surface area contributed by atoms with Crippen molar-refractivity contribution in [3.63, 3.8) is 0 Å². The molecule has 1 heterocycles. The number of benzene rings is 1. The molecule has 1 amide bonds. The fraction of sp³-hybridized carbons (Fsp3) is 0.619. The Morgan fingerprint density at radius 3 is 2.64 bits per heavy atom. The minimum atomic E-state index is -0.706. The highest BCUT2D eigenvalue weighted by molar-refractivity contribution is 5.79. The summed E-state index contributed by atoms with van der Waals surface area (Å²) in [5.41, 5.74) is 0.314. The van der Waals surface area contributed by atoms with Gasteiger partial charge in [-0.25, -0.2) is 0 Å². The fourth-order valence-electron chi connectivity index (χ4n) is 4.73. The van der Waals surface area contributed by atoms with Crippen molar-refractivity contribution in [1.29, 1.82) is 0 Å². The maximum Gasteiger partial charge on any atom is 0.311 e. The molecule has 0 bridgehead atoms. The lowest BCUT2D eigenvalue weighted by Gasteiger charge is -2.26. The predicted octanol–water partition coefficient (Wildman–Crippen LogP) is 2.24. The van der Waals surface area contributed by atoms with E-state index in [1.165, 1.54) is 0 Å². The molecule has 1 N–H and O–H groups in total. The van der Waals surface area contributed by atoms with Gasteiger partial charge in [-0.05, 0) is 43.4 Å². The Morgan fingerprint density at radius 2 is 2.04 bits per heavy atom. The standard InChI is InChI=1S/C21H30N2O5/c1-4-23(11-15-7-8-17(27-2)18(10-15)28-3)19(24)13-22-12-16-6-5-9-21(16,14-22)20(25)26/h7-8,10,16H,4-6,9,11-14H2,1-3H3,(H,25,26)/t16-,21+/m0/s1. The molecule has 2 aliphatic rings. The molecule has 0 spiro atoms. The number of carbonyl (C=O) groups excluding carboxylic acids is 1. The molecule has 1 aliphatic carbocycles. The van der Waals surface area contributed by atoms with E-state index >= 15 is 0 Å². The van der Waals surface area contributed by atoms with Gasteiger partial charge in [0.15, 0.2) is 11.5 Å². The minimum absolute atomic E-state index is 0.0257. The average molecular weight is 390 g/mol. The van der Waals surface area contributed by atoms with E-state index in [1.807, 2.05) is 30.0 Å². The van der Waals surface area contributed by atoms with E-state index in [1.54, 1.807) is 19.1 Å². The Kier molecular flexibility index (Phi) is 6.13. The number of rotatable bonds is 8. The molecule has 2 atom stereocenters. The van der Waals surface area contributed by atoms with Crippen LogP contribution >= 0.6 is 0 Å². The second kappa shape index (κ2) is 8.39. The van der Waals surface area contributed by atoms with Gasteiger partial charge in [0.05, 0.1) is 26.2 Å². The summed E-state index contributed by atoms with van der Waals surface area (Å²) in [6.45, 7) is 4.48. The largest absolute Gasteiger partial charge is 0.493 e. The minimum Gasteiger partial charge on any atom is -0.493 e. The Hall–Kier alpha value is -2.28. The maximum absolute atomic E-state index is 12.9. The molecular formula is C21H30N2O5. The van der Waals surface area contributed by atoms with Crippen LogP contribution in [0.1, 0.15) is 31.7 Å². The number of hydrogen-bond acceptors (Lipinski definition) is 5. The number of carbonyl (C=O) groups is 2. The van der Waals surface area contributed by atoms with Crippen LogP contribution in [0.25, 0.3) is 0 Å². The molecule has 3 rings (SSSR count). The first-order valence-corrected chi connectivity index (χ1v) is 9.88. The molecule has 1 aliphatic heterocycles. The lowest BCUT2D eigenvalue weighted by molar-refractivity contribution is -0.149. The van der Waals surface area contributed by atoms with Crippen LogP contribution in [0.4, 0.5) is 0 Å². The topological polar surface area (TPSA) is 79.3 Å². The quantitative estimate of drug-likeness (QED) is 0.733. The number of carboxylic acid groups (broad SMARTS) is 1. The summed E-state index contributed by atoms with van der Waals surface area (Å²) in [6.07, 6.45) is 2.64. The van der Waals surface area contributed by atoms with E-state index in [4.69, 9.17) is 9.47 Å². The molecule has 1 aromatic carbocycles. The monoisotopic (exact) mass is 390 g/mol. The van der Waals surface area contributed by atoms with Gasteiger partial charge in [-0.1, -0.05) is 12.5 Å². The summed E-state index contributed by atoms with van der Waals surface area (Å²) < 4.78 is 10.6. The molecule has 1 saturated heterocycles. The molecule has 0 radical (unpaired) electrons. The summed E-state index contributed by atoms with van der Waals surface area (Å²) in [6, 6.07) is 5.65. The first kappa shape index (κ1) is 20.5. The third-order valence-electron chi connectivity index (χ3n) is 6.28. The molecule has 1 saturated carbocycles. The first-order chi connectivity index (χ1) is 13.4. The first-order valence-electron chi connectivity index (χ1n) is 9.88. The van der Waals surface area contributed by atoms with Crippen molar-refractivity contribution < 1.29 is 24.2 Å². The number of amides is 1. The van der Waals surface area contributed by atoms with Gasteiger partial charge in [-0.2, -0.15) is 0 Å². The van der Waals surface area contributed by atoms with Crippen molar-refractivity contribution in [2.45, 2.75) is 32.7 Å². The Bertz CT molecular complexity index is 738. The van der Waals surface area contributed by atoms with Gasteiger partial charge in [0.25, 0.3) is 0 Å². The van der Waals surface area contributed by atoms with Crippen LogP contribution in [0.5, 0.6) is 11.5 Å². The van der Waals surface area contributed by atoms with Crippen molar-refractivity contribution >= 4 is 11.9 Å². The van der Waals surface area contributed by atoms with E-state index < -0.39 is 11.4 Å². The van der Waals surface area contributed by atoms with Gasteiger partial charge in [0.2, 0.25) is 5.91 Å². The lowest BCUT2D eigenvalue weighted by atomic mass is 9.81. The number of likely N-dealkylation sites (tertiary alicyclic amines) is 1. The number of ether oxygens (including phenoxy) is 2. The molecule has 7 nitrogen and oxygen atoms in total. The Morgan fingerprint density at radius 1 is 1.29 bits per heavy atom. The van der Waals surface area contributed by atoms with E-state index in [-0.39, 0.29) is 18.4 Å². The van der Waals surface area contributed by atoms with Gasteiger partial charge in [-0.3, -0.25) is 14.5 Å². The maximum atomic E-state index is 12.9. The number of methoxy groups -OCH3 is 2. The van der Waals surface area contributed by atoms with Gasteiger partial charge >= 0.3 is 5.97 Å². The molecular weight excluding hydrogens is 360 g/mol. The van der Waals surface area contributed by atoms with Gasteiger partial charge in [0.1, 0.15) is 0 Å². The van der Waals surface area contributed by atoms with E-state index in [0.717, 1.165) is 24.8 Å². The second-order valence-corrected chi connectivity index (χ2v) is 7.82. The SMILES string of the molecule is CCN(Cc1ccc(OC)c(OC)c1)C(=O)CN1C[C@@H]2CCC[C@@]2(C(=O)O)C1. The van der Waals surface area contributed by atoms with Crippen LogP contribution in [-0.4, -0.2) is 67.2 Å². The zero-order valence-corrected chi connectivity index (χ0v) is 16.9. The molecule has 1 aromatic rings. The fourth-order valence-corrected chi connectivity index (χ4v) is 4.73. The number of aliphatic carboxylic acids is 1. The van der Waals surface area contributed by atoms with Crippen molar-refractivity contribution in [1.82, 2.24) is 9.80 Å². The predicted molar refractivity (Wildman–Crippen MR) is 104 cm³/mol. The normalized spacial score (nSPS) is 24.0. The van der Waals surface area contributed by atoms with Crippen LogP contribution < -0.4 is 9.47 Å². The van der Waals surface area contributed by atoms with Gasteiger partial charge < -0.3 is 19.5 Å². The van der Waals surface area contributed by atoms with E-state index in [0.29, 0.717) is 37.7 Å². The molecule has 0 aromatic heterocycles. The number of carboxylic acids is 1. The Balaban J connectivity index is 1.64. The van der Waals surface area contributed by atoms with Crippen molar-refractivity contribution in [2.24, 2.45) is 11.3 Å². The van der Waals surface area contributed by atoms with E-state index in [2.05, 4.69) is 0 Å². The van der Waals surface area contributed by atoms with Crippen molar-refractivity contribution in [3.8, 4) is 11.5 Å². The van der Waals surface area contributed by atoms with Crippen LogP contribution in [0.3, 0.4) is 0 Å². The van der Waals surface area contributed by atoms with Crippen LogP contribution in [0.2, 0.25) is 0 Å². The zero-order valence-electron chi connectivity index (χ0n) is 16.9. The number of hydrogen-bond donors (Lipinski definition) is 1. The highest BCUT2D eigenvalue weighted by Gasteiger charge is 2.54. The highest BCUT2D eigenvalue weighted by atomic mass is 16.5. The third-order valence-corrected chi connectivity index (χ3v) is 6.28. The number of fused-ring (bicyclic) bond motifs is 1. The van der Waals surface area contributed by atoms with Crippen molar-refractivity contribution in [3.05, 3.63) is 23.8 Å². The third kappa shape index (κ3) is 3.81. The lowest BCUT2D eigenvalue weighted by Crippen LogP contribution is -2.41. The smallest absolute Gasteiger partial charge is 0.311 e. The summed E-state index contributed by atoms with van der Waals surface area (Å²) in [5.74, 6) is 0.779. The highest BCUT2D eigenvalue weighted by Crippen LogP contribution is 2.48. The number of nitrogens with zero attached hydrogens (tertiary/aromatic N) is 2. The Labute approximate surface area is 166 Å². The van der Waals surface area contributed by atoms with Crippen LogP contribution in [0, 0.1) is 11.3 Å². The summed E-state index contributed by atoms with van der Waals surface area (Å²) in [7, 11) is 3.18. The molecule has 0 unspecified atom stereocenters. The molecule has 28 heavy (non-hydrogen) atoms. The average Bonchev–Trinajstić information content (AvgIpc) is 3.23. The summed E-state index contributed by atoms with van der Waals surface area (Å²) in [4.78, 5) is 28.5. The van der Waals surface area contributed by atoms with Crippen LogP contribution in [0.15, 0.2) is 18.2 Å². The second-order valence-electron chi connectivity index (χ2n) is 7.82. The van der Waals surface area contributed by atoms with E-state index in [9.17, 15) is 14.7 Å². The molecule has 2 fully saturated rings. The zero-order chi connectivity index (χ0) is 20.3. The van der Waals surface area contributed by atoms with Crippen molar-refractivity contribution in [2.75, 3.05) is 40.4 Å².